The van der Waals surface area contributed by atoms with Crippen LogP contribution in [0.25, 0.3) is 0 Å². The lowest BCUT2D eigenvalue weighted by atomic mass is 10.1. The molecule has 5 heteroatoms. The third-order valence-electron chi connectivity index (χ3n) is 3.60. The molecule has 4 nitrogen and oxygen atoms in total. The highest BCUT2D eigenvalue weighted by molar-refractivity contribution is 14.0. The van der Waals surface area contributed by atoms with Crippen LogP contribution in [0, 0.1) is 0 Å². The topological polar surface area (TPSA) is 39.7 Å². The largest absolute Gasteiger partial charge is 0.356 e. The smallest absolute Gasteiger partial charge is 0.191 e. The lowest BCUT2D eigenvalue weighted by Gasteiger charge is -2.27. The molecule has 0 spiro atoms. The van der Waals surface area contributed by atoms with Crippen molar-refractivity contribution in [3.8, 4) is 0 Å². The van der Waals surface area contributed by atoms with Gasteiger partial charge in [0.15, 0.2) is 5.96 Å². The van der Waals surface area contributed by atoms with Crippen molar-refractivity contribution in [1.82, 2.24) is 15.5 Å². The molecular weight excluding hydrogens is 399 g/mol. The number of guanidine groups is 1. The van der Waals surface area contributed by atoms with Crippen LogP contribution in [-0.2, 0) is 6.54 Å². The summed E-state index contributed by atoms with van der Waals surface area (Å²) < 4.78 is 0. The van der Waals surface area contributed by atoms with E-state index in [0.29, 0.717) is 6.04 Å². The van der Waals surface area contributed by atoms with Crippen LogP contribution >= 0.6 is 24.0 Å². The molecule has 0 radical (unpaired) electrons. The van der Waals surface area contributed by atoms with Gasteiger partial charge < -0.3 is 10.6 Å². The number of hydrogen-bond acceptors (Lipinski definition) is 2. The monoisotopic (exact) mass is 432 g/mol. The number of halogens is 1. The molecule has 23 heavy (non-hydrogen) atoms. The summed E-state index contributed by atoms with van der Waals surface area (Å²) in [5.74, 6) is 0.866. The van der Waals surface area contributed by atoms with Gasteiger partial charge in [0.2, 0.25) is 0 Å². The molecule has 2 N–H and O–H groups in total. The van der Waals surface area contributed by atoms with Crippen LogP contribution in [0.3, 0.4) is 0 Å². The van der Waals surface area contributed by atoms with E-state index in [0.717, 1.165) is 25.5 Å². The number of aliphatic imine (C=N–C) groups is 1. The van der Waals surface area contributed by atoms with Crippen molar-refractivity contribution in [3.63, 3.8) is 0 Å². The Bertz CT molecular complexity index is 454. The first-order valence-corrected chi connectivity index (χ1v) is 8.05. The van der Waals surface area contributed by atoms with E-state index in [-0.39, 0.29) is 29.5 Å². The van der Waals surface area contributed by atoms with Crippen LogP contribution in [0.1, 0.15) is 39.7 Å². The molecule has 0 fully saturated rings. The molecule has 1 rings (SSSR count). The second-order valence-corrected chi connectivity index (χ2v) is 6.91. The minimum absolute atomic E-state index is 0. The Morgan fingerprint density at radius 2 is 1.83 bits per heavy atom. The fourth-order valence-corrected chi connectivity index (χ4v) is 2.18. The molecule has 1 aromatic carbocycles. The number of rotatable bonds is 6. The summed E-state index contributed by atoms with van der Waals surface area (Å²) in [7, 11) is 3.99. The van der Waals surface area contributed by atoms with Gasteiger partial charge in [0, 0.05) is 31.7 Å². The van der Waals surface area contributed by atoms with Crippen molar-refractivity contribution in [2.24, 2.45) is 4.99 Å². The third-order valence-corrected chi connectivity index (χ3v) is 3.60. The van der Waals surface area contributed by atoms with Crippen LogP contribution in [0.2, 0.25) is 0 Å². The molecule has 0 aliphatic rings. The van der Waals surface area contributed by atoms with Gasteiger partial charge in [-0.25, -0.2) is 0 Å². The summed E-state index contributed by atoms with van der Waals surface area (Å²) in [4.78, 5) is 6.65. The highest BCUT2D eigenvalue weighted by Gasteiger charge is 2.13. The molecule has 132 valence electrons. The molecular formula is C18H33IN4. The van der Waals surface area contributed by atoms with E-state index in [1.165, 1.54) is 5.56 Å². The van der Waals surface area contributed by atoms with Crippen molar-refractivity contribution in [3.05, 3.63) is 35.9 Å². The SMILES string of the molecule is CN=C(NCCC(C)N(C)Cc1ccccc1)NC(C)(C)C.I. The molecule has 0 amide bonds. The van der Waals surface area contributed by atoms with Crippen LogP contribution in [-0.4, -0.2) is 43.1 Å². The first-order chi connectivity index (χ1) is 10.3. The molecule has 0 saturated carbocycles. The van der Waals surface area contributed by atoms with Crippen molar-refractivity contribution in [1.29, 1.82) is 0 Å². The van der Waals surface area contributed by atoms with Gasteiger partial charge in [0.25, 0.3) is 0 Å². The van der Waals surface area contributed by atoms with Gasteiger partial charge in [-0.1, -0.05) is 30.3 Å². The standard InChI is InChI=1S/C18H32N4.HI/c1-15(22(6)14-16-10-8-7-9-11-16)12-13-20-17(19-5)21-18(2,3)4;/h7-11,15H,12-14H2,1-6H3,(H2,19,20,21);1H. The molecule has 1 atom stereocenters. The van der Waals surface area contributed by atoms with Crippen LogP contribution in [0.5, 0.6) is 0 Å². The Labute approximate surface area is 159 Å². The zero-order chi connectivity index (χ0) is 16.6. The second-order valence-electron chi connectivity index (χ2n) is 6.91. The van der Waals surface area contributed by atoms with Gasteiger partial charge in [-0.3, -0.25) is 9.89 Å². The summed E-state index contributed by atoms with van der Waals surface area (Å²) in [5.41, 5.74) is 1.38. The normalized spacial score (nSPS) is 13.4. The van der Waals surface area contributed by atoms with Gasteiger partial charge >= 0.3 is 0 Å². The fourth-order valence-electron chi connectivity index (χ4n) is 2.18. The molecule has 0 heterocycles. The Morgan fingerprint density at radius 3 is 2.35 bits per heavy atom. The van der Waals surface area contributed by atoms with Gasteiger partial charge in [-0.2, -0.15) is 0 Å². The maximum atomic E-state index is 4.26. The van der Waals surface area contributed by atoms with Gasteiger partial charge in [-0.05, 0) is 46.7 Å². The first-order valence-electron chi connectivity index (χ1n) is 8.05. The van der Waals surface area contributed by atoms with E-state index in [9.17, 15) is 0 Å². The van der Waals surface area contributed by atoms with Crippen LogP contribution in [0.15, 0.2) is 35.3 Å². The van der Waals surface area contributed by atoms with Crippen molar-refractivity contribution < 1.29 is 0 Å². The van der Waals surface area contributed by atoms with E-state index >= 15 is 0 Å². The van der Waals surface area contributed by atoms with Crippen LogP contribution in [0.4, 0.5) is 0 Å². The highest BCUT2D eigenvalue weighted by Crippen LogP contribution is 2.08. The van der Waals surface area contributed by atoms with Gasteiger partial charge in [0.1, 0.15) is 0 Å². The van der Waals surface area contributed by atoms with E-state index in [2.05, 4.69) is 85.6 Å². The Kier molecular flexibility index (Phi) is 10.5. The molecule has 0 aliphatic carbocycles. The Hall–Kier alpha value is -0.820. The lowest BCUT2D eigenvalue weighted by molar-refractivity contribution is 0.238. The third kappa shape index (κ3) is 9.81. The fraction of sp³-hybridized carbons (Fsp3) is 0.611. The molecule has 0 bridgehead atoms. The summed E-state index contributed by atoms with van der Waals surface area (Å²) in [6.45, 7) is 10.6. The van der Waals surface area contributed by atoms with E-state index in [4.69, 9.17) is 0 Å². The average Bonchev–Trinajstić information content (AvgIpc) is 2.45. The predicted molar refractivity (Wildman–Crippen MR) is 112 cm³/mol. The highest BCUT2D eigenvalue weighted by atomic mass is 127. The Balaban J connectivity index is 0.00000484. The predicted octanol–water partition coefficient (Wildman–Crippen LogP) is 3.48. The first kappa shape index (κ1) is 22.2. The van der Waals surface area contributed by atoms with E-state index in [1.807, 2.05) is 7.05 Å². The average molecular weight is 432 g/mol. The van der Waals surface area contributed by atoms with Crippen molar-refractivity contribution >= 4 is 29.9 Å². The summed E-state index contributed by atoms with van der Waals surface area (Å²) >= 11 is 0. The van der Waals surface area contributed by atoms with Gasteiger partial charge in [0.05, 0.1) is 0 Å². The minimum atomic E-state index is 0. The molecule has 0 aromatic heterocycles. The summed E-state index contributed by atoms with van der Waals surface area (Å²) in [6.07, 6.45) is 1.08. The minimum Gasteiger partial charge on any atom is -0.356 e. The van der Waals surface area contributed by atoms with Crippen molar-refractivity contribution in [2.75, 3.05) is 20.6 Å². The van der Waals surface area contributed by atoms with Gasteiger partial charge in [-0.15, -0.1) is 24.0 Å². The number of hydrogen-bond donors (Lipinski definition) is 2. The maximum absolute atomic E-state index is 4.26. The maximum Gasteiger partial charge on any atom is 0.191 e. The summed E-state index contributed by atoms with van der Waals surface area (Å²) in [6, 6.07) is 11.1. The summed E-state index contributed by atoms with van der Waals surface area (Å²) in [5, 5.41) is 6.76. The zero-order valence-electron chi connectivity index (χ0n) is 15.4. The zero-order valence-corrected chi connectivity index (χ0v) is 17.7. The van der Waals surface area contributed by atoms with E-state index < -0.39 is 0 Å². The molecule has 1 aromatic rings. The number of benzene rings is 1. The second kappa shape index (κ2) is 10.9. The van der Waals surface area contributed by atoms with E-state index in [1.54, 1.807) is 0 Å². The number of nitrogens with zero attached hydrogens (tertiary/aromatic N) is 2. The van der Waals surface area contributed by atoms with Crippen LogP contribution < -0.4 is 10.6 Å². The lowest BCUT2D eigenvalue weighted by Crippen LogP contribution is -2.48. The number of nitrogens with one attached hydrogen (secondary N) is 2. The van der Waals surface area contributed by atoms with Crippen molar-refractivity contribution in [2.45, 2.75) is 52.2 Å². The molecule has 1 unspecified atom stereocenters. The molecule has 0 aliphatic heterocycles. The quantitative estimate of drug-likeness (QED) is 0.411. The molecule has 0 saturated heterocycles. The Morgan fingerprint density at radius 1 is 1.22 bits per heavy atom.